The summed E-state index contributed by atoms with van der Waals surface area (Å²) >= 11 is 5.37. The second-order valence-electron chi connectivity index (χ2n) is 6.41. The first-order chi connectivity index (χ1) is 12.3. The number of likely N-dealkylation sites (tertiary alicyclic amines) is 1. The van der Waals surface area contributed by atoms with Gasteiger partial charge in [-0.1, -0.05) is 13.8 Å². The molecule has 0 spiro atoms. The fourth-order valence-corrected chi connectivity index (χ4v) is 4.95. The van der Waals surface area contributed by atoms with Crippen LogP contribution >= 0.6 is 12.2 Å². The third-order valence-electron chi connectivity index (χ3n) is 4.74. The summed E-state index contributed by atoms with van der Waals surface area (Å²) in [6, 6.07) is 6.30. The number of amides is 1. The molecule has 8 heteroatoms. The molecule has 1 atom stereocenters. The minimum absolute atomic E-state index is 0.185. The van der Waals surface area contributed by atoms with Gasteiger partial charge in [0.25, 0.3) is 5.91 Å². The number of hydrogen-bond acceptors (Lipinski definition) is 4. The SMILES string of the molecule is CCN(CC)S(=O)(=O)c1ccc(C(=O)NC(=S)N2CCCC[C@H]2C)cc1. The van der Waals surface area contributed by atoms with Crippen molar-refractivity contribution in [2.24, 2.45) is 0 Å². The summed E-state index contributed by atoms with van der Waals surface area (Å²) < 4.78 is 26.4. The van der Waals surface area contributed by atoms with Gasteiger partial charge in [0.2, 0.25) is 10.0 Å². The van der Waals surface area contributed by atoms with Crippen LogP contribution in [0.4, 0.5) is 0 Å². The number of carbonyl (C=O) groups is 1. The molecule has 0 aliphatic carbocycles. The summed E-state index contributed by atoms with van der Waals surface area (Å²) in [5.41, 5.74) is 0.385. The van der Waals surface area contributed by atoms with Crippen molar-refractivity contribution in [3.05, 3.63) is 29.8 Å². The minimum Gasteiger partial charge on any atom is -0.346 e. The highest BCUT2D eigenvalue weighted by Crippen LogP contribution is 2.18. The van der Waals surface area contributed by atoms with E-state index < -0.39 is 10.0 Å². The van der Waals surface area contributed by atoms with Gasteiger partial charge in [-0.25, -0.2) is 8.42 Å². The Hall–Kier alpha value is -1.51. The number of rotatable bonds is 5. The Morgan fingerprint density at radius 3 is 2.38 bits per heavy atom. The Bertz CT molecular complexity index is 743. The van der Waals surface area contributed by atoms with Gasteiger partial charge >= 0.3 is 0 Å². The monoisotopic (exact) mass is 397 g/mol. The van der Waals surface area contributed by atoms with Crippen LogP contribution in [0.2, 0.25) is 0 Å². The predicted molar refractivity (Wildman–Crippen MR) is 107 cm³/mol. The molecule has 1 aromatic carbocycles. The zero-order valence-electron chi connectivity index (χ0n) is 15.6. The minimum atomic E-state index is -3.52. The number of nitrogens with zero attached hydrogens (tertiary/aromatic N) is 2. The van der Waals surface area contributed by atoms with Gasteiger partial charge in [-0.15, -0.1) is 0 Å². The molecular formula is C18H27N3O3S2. The second-order valence-corrected chi connectivity index (χ2v) is 8.74. The normalized spacial score (nSPS) is 18.0. The number of hydrogen-bond donors (Lipinski definition) is 1. The van der Waals surface area contributed by atoms with E-state index in [9.17, 15) is 13.2 Å². The van der Waals surface area contributed by atoms with Crippen molar-refractivity contribution in [2.75, 3.05) is 19.6 Å². The van der Waals surface area contributed by atoms with Crippen molar-refractivity contribution in [2.45, 2.75) is 51.0 Å². The summed E-state index contributed by atoms with van der Waals surface area (Å²) in [5, 5.41) is 3.19. The Labute approximate surface area is 161 Å². The Balaban J connectivity index is 2.08. The summed E-state index contributed by atoms with van der Waals surface area (Å²) in [6.45, 7) is 7.36. The van der Waals surface area contributed by atoms with E-state index in [0.717, 1.165) is 19.4 Å². The zero-order valence-corrected chi connectivity index (χ0v) is 17.2. The smallest absolute Gasteiger partial charge is 0.257 e. The lowest BCUT2D eigenvalue weighted by Crippen LogP contribution is -2.48. The van der Waals surface area contributed by atoms with Gasteiger partial charge in [-0.2, -0.15) is 4.31 Å². The predicted octanol–water partition coefficient (Wildman–Crippen LogP) is 2.61. The number of thiocarbonyl (C=S) groups is 1. The lowest BCUT2D eigenvalue weighted by Gasteiger charge is -2.35. The summed E-state index contributed by atoms with van der Waals surface area (Å²) in [7, 11) is -3.52. The number of sulfonamides is 1. The molecule has 0 aromatic heterocycles. The molecule has 144 valence electrons. The molecule has 1 saturated heterocycles. The van der Waals surface area contributed by atoms with E-state index in [-0.39, 0.29) is 10.8 Å². The maximum atomic E-state index is 12.5. The van der Waals surface area contributed by atoms with Crippen molar-refractivity contribution in [1.82, 2.24) is 14.5 Å². The van der Waals surface area contributed by atoms with E-state index in [1.165, 1.54) is 35.0 Å². The number of piperidine rings is 1. The first-order valence-electron chi connectivity index (χ1n) is 9.03. The molecule has 1 amide bonds. The van der Waals surface area contributed by atoms with E-state index in [1.54, 1.807) is 13.8 Å². The standard InChI is InChI=1S/C18H27N3O3S2/c1-4-20(5-2)26(23,24)16-11-9-15(10-12-16)17(22)19-18(25)21-13-7-6-8-14(21)3/h9-12,14H,4-8,13H2,1-3H3,(H,19,22,25)/t14-/m1/s1. The van der Waals surface area contributed by atoms with Crippen LogP contribution in [0.5, 0.6) is 0 Å². The van der Waals surface area contributed by atoms with Crippen LogP contribution in [-0.4, -0.2) is 54.3 Å². The van der Waals surface area contributed by atoms with Crippen LogP contribution in [-0.2, 0) is 10.0 Å². The molecule has 1 aliphatic heterocycles. The Kier molecular flexibility index (Phi) is 7.14. The molecule has 0 bridgehead atoms. The highest BCUT2D eigenvalue weighted by atomic mass is 32.2. The van der Waals surface area contributed by atoms with Crippen molar-refractivity contribution in [1.29, 1.82) is 0 Å². The fourth-order valence-electron chi connectivity index (χ4n) is 3.13. The number of benzene rings is 1. The fraction of sp³-hybridized carbons (Fsp3) is 0.556. The summed E-state index contributed by atoms with van der Waals surface area (Å²) in [5.74, 6) is -0.320. The van der Waals surface area contributed by atoms with E-state index in [4.69, 9.17) is 12.2 Å². The molecule has 1 N–H and O–H groups in total. The van der Waals surface area contributed by atoms with Gasteiger partial charge in [0, 0.05) is 31.2 Å². The maximum absolute atomic E-state index is 12.5. The van der Waals surface area contributed by atoms with Gasteiger partial charge in [0.15, 0.2) is 5.11 Å². The maximum Gasteiger partial charge on any atom is 0.257 e. The molecule has 0 radical (unpaired) electrons. The van der Waals surface area contributed by atoms with Gasteiger partial charge < -0.3 is 4.90 Å². The van der Waals surface area contributed by atoms with Crippen LogP contribution in [0, 0.1) is 0 Å². The highest BCUT2D eigenvalue weighted by Gasteiger charge is 2.23. The molecule has 26 heavy (non-hydrogen) atoms. The van der Waals surface area contributed by atoms with Crippen LogP contribution in [0.3, 0.4) is 0 Å². The average Bonchev–Trinajstić information content (AvgIpc) is 2.62. The molecule has 2 rings (SSSR count). The van der Waals surface area contributed by atoms with Crippen molar-refractivity contribution < 1.29 is 13.2 Å². The Morgan fingerprint density at radius 2 is 1.85 bits per heavy atom. The van der Waals surface area contributed by atoms with Crippen molar-refractivity contribution in [3.8, 4) is 0 Å². The quantitative estimate of drug-likeness (QED) is 0.774. The third-order valence-corrected chi connectivity index (χ3v) is 7.14. The van der Waals surface area contributed by atoms with Crippen LogP contribution in [0.25, 0.3) is 0 Å². The van der Waals surface area contributed by atoms with Crippen molar-refractivity contribution >= 4 is 33.3 Å². The highest BCUT2D eigenvalue weighted by molar-refractivity contribution is 7.89. The largest absolute Gasteiger partial charge is 0.346 e. The molecule has 6 nitrogen and oxygen atoms in total. The molecule has 1 heterocycles. The Morgan fingerprint density at radius 1 is 1.23 bits per heavy atom. The zero-order chi connectivity index (χ0) is 19.3. The molecular weight excluding hydrogens is 370 g/mol. The van der Waals surface area contributed by atoms with Gasteiger partial charge in [0.1, 0.15) is 0 Å². The third kappa shape index (κ3) is 4.61. The van der Waals surface area contributed by atoms with Gasteiger partial charge in [0.05, 0.1) is 4.90 Å². The van der Waals surface area contributed by atoms with E-state index in [0.29, 0.717) is 29.8 Å². The summed E-state index contributed by atoms with van der Waals surface area (Å²) in [4.78, 5) is 14.6. The van der Waals surface area contributed by atoms with E-state index >= 15 is 0 Å². The molecule has 1 aliphatic rings. The van der Waals surface area contributed by atoms with Crippen LogP contribution < -0.4 is 5.32 Å². The topological polar surface area (TPSA) is 69.7 Å². The molecule has 1 fully saturated rings. The van der Waals surface area contributed by atoms with Gasteiger partial charge in [-0.05, 0) is 62.7 Å². The number of nitrogens with one attached hydrogen (secondary N) is 1. The van der Waals surface area contributed by atoms with Crippen molar-refractivity contribution in [3.63, 3.8) is 0 Å². The molecule has 1 aromatic rings. The number of carbonyl (C=O) groups excluding carboxylic acids is 1. The molecule has 0 saturated carbocycles. The van der Waals surface area contributed by atoms with E-state index in [1.807, 2.05) is 4.90 Å². The molecule has 0 unspecified atom stereocenters. The lowest BCUT2D eigenvalue weighted by atomic mass is 10.0. The van der Waals surface area contributed by atoms with Gasteiger partial charge in [-0.3, -0.25) is 10.1 Å². The van der Waals surface area contributed by atoms with Crippen LogP contribution in [0.15, 0.2) is 29.2 Å². The average molecular weight is 398 g/mol. The first-order valence-corrected chi connectivity index (χ1v) is 10.9. The first kappa shape index (κ1) is 20.8. The lowest BCUT2D eigenvalue weighted by molar-refractivity contribution is 0.0970. The van der Waals surface area contributed by atoms with E-state index in [2.05, 4.69) is 12.2 Å². The summed E-state index contributed by atoms with van der Waals surface area (Å²) in [6.07, 6.45) is 3.31. The van der Waals surface area contributed by atoms with Crippen LogP contribution in [0.1, 0.15) is 50.4 Å². The second kappa shape index (κ2) is 8.92.